The van der Waals surface area contributed by atoms with Crippen LogP contribution in [-0.4, -0.2) is 30.0 Å². The fraction of sp³-hybridized carbons (Fsp3) is 0.0909. The summed E-state index contributed by atoms with van der Waals surface area (Å²) in [7, 11) is 0. The Balaban J connectivity index is 2.31. The second kappa shape index (κ2) is 3.88. The number of hydrogen-bond acceptors (Lipinski definition) is 5. The van der Waals surface area contributed by atoms with E-state index < -0.39 is 5.97 Å². The molecule has 1 N–H and O–H groups in total. The van der Waals surface area contributed by atoms with Gasteiger partial charge in [0.15, 0.2) is 5.65 Å². The number of hydrogen-bond donors (Lipinski definition) is 1. The molecule has 90 valence electrons. The topological polar surface area (TPSA) is 80.4 Å². The Morgan fingerprint density at radius 2 is 2.33 bits per heavy atom. The van der Waals surface area contributed by atoms with Crippen molar-refractivity contribution in [3.05, 3.63) is 35.8 Å². The van der Waals surface area contributed by atoms with E-state index in [4.69, 9.17) is 5.11 Å². The van der Waals surface area contributed by atoms with E-state index in [9.17, 15) is 4.79 Å². The Morgan fingerprint density at radius 3 is 3.00 bits per heavy atom. The summed E-state index contributed by atoms with van der Waals surface area (Å²) < 4.78 is 5.54. The van der Waals surface area contributed by atoms with Crippen LogP contribution in [0.2, 0.25) is 0 Å². The molecule has 3 rings (SSSR count). The largest absolute Gasteiger partial charge is 0.477 e. The average Bonchev–Trinajstić information content (AvgIpc) is 2.97. The average molecular weight is 260 g/mol. The quantitative estimate of drug-likeness (QED) is 0.760. The molecule has 0 spiro atoms. The minimum atomic E-state index is -1.03. The first-order chi connectivity index (χ1) is 8.66. The Labute approximate surface area is 106 Å². The summed E-state index contributed by atoms with van der Waals surface area (Å²) in [5.41, 5.74) is 2.00. The van der Waals surface area contributed by atoms with Gasteiger partial charge in [-0.1, -0.05) is 0 Å². The maximum absolute atomic E-state index is 11.1. The van der Waals surface area contributed by atoms with Gasteiger partial charge in [0, 0.05) is 11.9 Å². The number of nitrogens with zero attached hydrogens (tertiary/aromatic N) is 4. The molecule has 3 heterocycles. The third kappa shape index (κ3) is 1.56. The van der Waals surface area contributed by atoms with Crippen LogP contribution < -0.4 is 0 Å². The number of rotatable bonds is 2. The Kier molecular flexibility index (Phi) is 2.34. The highest BCUT2D eigenvalue weighted by molar-refractivity contribution is 7.09. The summed E-state index contributed by atoms with van der Waals surface area (Å²) in [5, 5.41) is 13.1. The van der Waals surface area contributed by atoms with Crippen LogP contribution in [0.1, 0.15) is 16.1 Å². The van der Waals surface area contributed by atoms with Gasteiger partial charge in [0.05, 0.1) is 16.8 Å². The summed E-state index contributed by atoms with van der Waals surface area (Å²) >= 11 is 1.32. The Bertz CT molecular complexity index is 733. The number of aromatic nitrogens is 4. The van der Waals surface area contributed by atoms with Crippen LogP contribution in [0.3, 0.4) is 0 Å². The molecule has 0 atom stereocenters. The molecule has 0 fully saturated rings. The molecule has 18 heavy (non-hydrogen) atoms. The summed E-state index contributed by atoms with van der Waals surface area (Å²) in [4.78, 5) is 16.3. The summed E-state index contributed by atoms with van der Waals surface area (Å²) in [6, 6.07) is 3.71. The van der Waals surface area contributed by atoms with Gasteiger partial charge in [0.1, 0.15) is 5.56 Å². The van der Waals surface area contributed by atoms with Gasteiger partial charge in [-0.15, -0.1) is 0 Å². The highest BCUT2D eigenvalue weighted by atomic mass is 32.1. The number of fused-ring (bicyclic) bond motifs is 1. The lowest BCUT2D eigenvalue weighted by Gasteiger charge is -2.02. The zero-order valence-corrected chi connectivity index (χ0v) is 10.2. The van der Waals surface area contributed by atoms with Crippen molar-refractivity contribution in [2.24, 2.45) is 0 Å². The van der Waals surface area contributed by atoms with E-state index in [1.807, 2.05) is 19.1 Å². The molecule has 0 saturated heterocycles. The van der Waals surface area contributed by atoms with E-state index in [0.29, 0.717) is 11.3 Å². The Morgan fingerprint density at radius 1 is 1.50 bits per heavy atom. The van der Waals surface area contributed by atoms with Gasteiger partial charge in [-0.05, 0) is 30.6 Å². The molecule has 0 saturated carbocycles. The number of carboxylic acid groups (broad SMARTS) is 1. The lowest BCUT2D eigenvalue weighted by molar-refractivity contribution is 0.0699. The van der Waals surface area contributed by atoms with Crippen LogP contribution in [0.5, 0.6) is 0 Å². The highest BCUT2D eigenvalue weighted by Crippen LogP contribution is 2.23. The summed E-state index contributed by atoms with van der Waals surface area (Å²) in [5.74, 6) is -1.03. The summed E-state index contributed by atoms with van der Waals surface area (Å²) in [6.07, 6.45) is 3.00. The highest BCUT2D eigenvalue weighted by Gasteiger charge is 2.15. The summed E-state index contributed by atoms with van der Waals surface area (Å²) in [6.45, 7) is 1.86. The molecular formula is C11H8N4O2S. The maximum atomic E-state index is 11.1. The van der Waals surface area contributed by atoms with Gasteiger partial charge in [0.25, 0.3) is 0 Å². The van der Waals surface area contributed by atoms with Crippen LogP contribution in [0.15, 0.2) is 24.5 Å². The zero-order chi connectivity index (χ0) is 12.7. The van der Waals surface area contributed by atoms with Crippen molar-refractivity contribution in [3.8, 4) is 10.6 Å². The molecule has 3 aromatic heterocycles. The van der Waals surface area contributed by atoms with Crippen LogP contribution in [0, 0.1) is 6.92 Å². The second-order valence-electron chi connectivity index (χ2n) is 3.76. The maximum Gasteiger partial charge on any atom is 0.341 e. The van der Waals surface area contributed by atoms with E-state index >= 15 is 0 Å². The first-order valence-corrected chi connectivity index (χ1v) is 5.94. The first-order valence-electron chi connectivity index (χ1n) is 5.16. The van der Waals surface area contributed by atoms with E-state index in [1.165, 1.54) is 22.2 Å². The third-order valence-corrected chi connectivity index (χ3v) is 3.34. The predicted octanol–water partition coefficient (Wildman–Crippen LogP) is 1.86. The molecule has 0 unspecified atom stereocenters. The molecule has 0 aliphatic carbocycles. The molecule has 0 aliphatic heterocycles. The monoisotopic (exact) mass is 260 g/mol. The number of carbonyl (C=O) groups is 1. The van der Waals surface area contributed by atoms with E-state index in [-0.39, 0.29) is 5.56 Å². The van der Waals surface area contributed by atoms with Crippen molar-refractivity contribution in [3.63, 3.8) is 0 Å². The molecule has 0 bridgehead atoms. The van der Waals surface area contributed by atoms with Crippen molar-refractivity contribution in [2.45, 2.75) is 6.92 Å². The predicted molar refractivity (Wildman–Crippen MR) is 65.8 cm³/mol. The fourth-order valence-corrected chi connectivity index (χ4v) is 2.29. The van der Waals surface area contributed by atoms with Crippen LogP contribution in [0.25, 0.3) is 16.2 Å². The van der Waals surface area contributed by atoms with Gasteiger partial charge >= 0.3 is 5.97 Å². The number of carboxylic acids is 1. The third-order valence-electron chi connectivity index (χ3n) is 2.57. The SMILES string of the molecule is Cc1cc(-c2ccns2)nc2c(C(=O)O)cnn12. The van der Waals surface area contributed by atoms with Crippen molar-refractivity contribution in [1.82, 2.24) is 19.0 Å². The molecule has 6 nitrogen and oxygen atoms in total. The first kappa shape index (κ1) is 10.8. The van der Waals surface area contributed by atoms with Crippen molar-refractivity contribution in [1.29, 1.82) is 0 Å². The van der Waals surface area contributed by atoms with Gasteiger partial charge in [-0.25, -0.2) is 18.7 Å². The van der Waals surface area contributed by atoms with E-state index in [2.05, 4.69) is 14.5 Å². The van der Waals surface area contributed by atoms with E-state index in [1.54, 1.807) is 6.20 Å². The normalized spacial score (nSPS) is 10.9. The lowest BCUT2D eigenvalue weighted by Crippen LogP contribution is -2.01. The van der Waals surface area contributed by atoms with Crippen LogP contribution in [-0.2, 0) is 0 Å². The number of aromatic carboxylic acids is 1. The second-order valence-corrected chi connectivity index (χ2v) is 4.59. The van der Waals surface area contributed by atoms with Gasteiger partial charge < -0.3 is 5.11 Å². The van der Waals surface area contributed by atoms with Crippen molar-refractivity contribution in [2.75, 3.05) is 0 Å². The van der Waals surface area contributed by atoms with Crippen molar-refractivity contribution >= 4 is 23.1 Å². The molecule has 3 aromatic rings. The zero-order valence-electron chi connectivity index (χ0n) is 9.36. The van der Waals surface area contributed by atoms with Crippen molar-refractivity contribution < 1.29 is 9.90 Å². The molecule has 0 amide bonds. The molecule has 0 aromatic carbocycles. The molecule has 7 heteroatoms. The van der Waals surface area contributed by atoms with Gasteiger partial charge in [0.2, 0.25) is 0 Å². The van der Waals surface area contributed by atoms with Gasteiger partial charge in [-0.2, -0.15) is 5.10 Å². The number of aryl methyl sites for hydroxylation is 1. The van der Waals surface area contributed by atoms with Crippen LogP contribution in [0.4, 0.5) is 0 Å². The fourth-order valence-electron chi connectivity index (χ4n) is 1.74. The Hall–Kier alpha value is -2.28. The van der Waals surface area contributed by atoms with Gasteiger partial charge in [-0.3, -0.25) is 0 Å². The molecule has 0 radical (unpaired) electrons. The minimum absolute atomic E-state index is 0.101. The minimum Gasteiger partial charge on any atom is -0.477 e. The molecular weight excluding hydrogens is 252 g/mol. The van der Waals surface area contributed by atoms with Crippen LogP contribution >= 0.6 is 11.5 Å². The molecule has 0 aliphatic rings. The smallest absolute Gasteiger partial charge is 0.341 e. The standard InChI is InChI=1S/C11H8N4O2S/c1-6-4-8(9-2-3-13-18-9)14-10-7(11(16)17)5-12-15(6)10/h2-5H,1H3,(H,16,17). The van der Waals surface area contributed by atoms with E-state index in [0.717, 1.165) is 10.6 Å². The lowest BCUT2D eigenvalue weighted by atomic mass is 10.2.